The minimum Gasteiger partial charge on any atom is -0.338 e. The Balaban J connectivity index is 3.53. The summed E-state index contributed by atoms with van der Waals surface area (Å²) >= 11 is 0. The molecule has 0 aromatic rings. The molecule has 16 heavy (non-hydrogen) atoms. The lowest BCUT2D eigenvalue weighted by Crippen LogP contribution is -2.38. The molecule has 3 heteroatoms. The molecule has 0 atom stereocenters. The molecule has 0 heterocycles. The number of rotatable bonds is 4. The maximum atomic E-state index is 11.4. The van der Waals surface area contributed by atoms with Crippen molar-refractivity contribution < 1.29 is 4.79 Å². The minimum atomic E-state index is -0.0477. The maximum absolute atomic E-state index is 11.4. The molecule has 0 aromatic heterocycles. The van der Waals surface area contributed by atoms with Gasteiger partial charge in [-0.2, -0.15) is 0 Å². The van der Waals surface area contributed by atoms with Crippen molar-refractivity contribution in [2.45, 2.75) is 54.4 Å². The summed E-state index contributed by atoms with van der Waals surface area (Å²) in [6, 6.07) is -0.0477. The Bertz CT molecular complexity index is 189. The van der Waals surface area contributed by atoms with Gasteiger partial charge in [0.15, 0.2) is 0 Å². The summed E-state index contributed by atoms with van der Waals surface area (Å²) in [6.45, 7) is 14.5. The fraction of sp³-hybridized carbons (Fsp3) is 0.923. The van der Waals surface area contributed by atoms with Gasteiger partial charge in [-0.1, -0.05) is 41.5 Å². The average molecular weight is 228 g/mol. The molecule has 0 aromatic carbocycles. The summed E-state index contributed by atoms with van der Waals surface area (Å²) < 4.78 is 0. The highest BCUT2D eigenvalue weighted by Crippen LogP contribution is 2.17. The first kappa shape index (κ1) is 15.3. The summed E-state index contributed by atoms with van der Waals surface area (Å²) in [5, 5.41) is 5.75. The van der Waals surface area contributed by atoms with Crippen LogP contribution in [0.25, 0.3) is 0 Å². The van der Waals surface area contributed by atoms with Crippen LogP contribution in [0.4, 0.5) is 4.79 Å². The molecule has 0 fully saturated rings. The third kappa shape index (κ3) is 11.3. The predicted molar refractivity (Wildman–Crippen MR) is 69.5 cm³/mol. The molecule has 0 radical (unpaired) electrons. The van der Waals surface area contributed by atoms with E-state index in [0.717, 1.165) is 25.9 Å². The number of carbonyl (C=O) groups excluding carboxylic acids is 1. The van der Waals surface area contributed by atoms with E-state index >= 15 is 0 Å². The first-order valence-electron chi connectivity index (χ1n) is 6.12. The van der Waals surface area contributed by atoms with E-state index in [1.54, 1.807) is 0 Å². The Kier molecular flexibility index (Phi) is 5.84. The molecule has 0 spiro atoms. The average Bonchev–Trinajstić information content (AvgIpc) is 1.98. The van der Waals surface area contributed by atoms with Crippen LogP contribution in [0.1, 0.15) is 54.4 Å². The minimum absolute atomic E-state index is 0.0477. The fourth-order valence-corrected chi connectivity index (χ4v) is 1.16. The molecule has 3 nitrogen and oxygen atoms in total. The van der Waals surface area contributed by atoms with Crippen LogP contribution in [0.3, 0.4) is 0 Å². The van der Waals surface area contributed by atoms with Crippen LogP contribution in [0.5, 0.6) is 0 Å². The number of hydrogen-bond donors (Lipinski definition) is 2. The Morgan fingerprint density at radius 3 is 1.38 bits per heavy atom. The second-order valence-electron chi connectivity index (χ2n) is 6.80. The maximum Gasteiger partial charge on any atom is 0.314 e. The zero-order valence-corrected chi connectivity index (χ0v) is 11.7. The number of urea groups is 1. The smallest absolute Gasteiger partial charge is 0.314 e. The van der Waals surface area contributed by atoms with Gasteiger partial charge in [0.2, 0.25) is 0 Å². The SMILES string of the molecule is CC(C)(C)CCNC(=O)NCCC(C)(C)C. The van der Waals surface area contributed by atoms with Crippen molar-refractivity contribution in [1.29, 1.82) is 0 Å². The van der Waals surface area contributed by atoms with Crippen molar-refractivity contribution in [3.63, 3.8) is 0 Å². The van der Waals surface area contributed by atoms with Gasteiger partial charge in [0.1, 0.15) is 0 Å². The van der Waals surface area contributed by atoms with Crippen molar-refractivity contribution in [1.82, 2.24) is 10.6 Å². The van der Waals surface area contributed by atoms with E-state index in [1.165, 1.54) is 0 Å². The topological polar surface area (TPSA) is 41.1 Å². The lowest BCUT2D eigenvalue weighted by molar-refractivity contribution is 0.236. The fourth-order valence-electron chi connectivity index (χ4n) is 1.16. The summed E-state index contributed by atoms with van der Waals surface area (Å²) in [6.07, 6.45) is 2.00. The van der Waals surface area contributed by atoms with E-state index in [-0.39, 0.29) is 16.9 Å². The number of nitrogens with one attached hydrogen (secondary N) is 2. The zero-order chi connectivity index (χ0) is 12.8. The van der Waals surface area contributed by atoms with Gasteiger partial charge < -0.3 is 10.6 Å². The first-order valence-corrected chi connectivity index (χ1v) is 6.12. The largest absolute Gasteiger partial charge is 0.338 e. The lowest BCUT2D eigenvalue weighted by Gasteiger charge is -2.19. The van der Waals surface area contributed by atoms with Gasteiger partial charge in [-0.05, 0) is 23.7 Å². The molecule has 0 saturated heterocycles. The quantitative estimate of drug-likeness (QED) is 0.762. The van der Waals surface area contributed by atoms with Crippen LogP contribution < -0.4 is 10.6 Å². The summed E-state index contributed by atoms with van der Waals surface area (Å²) in [4.78, 5) is 11.4. The van der Waals surface area contributed by atoms with Crippen molar-refractivity contribution in [2.75, 3.05) is 13.1 Å². The number of amides is 2. The summed E-state index contributed by atoms with van der Waals surface area (Å²) in [5.74, 6) is 0. The zero-order valence-electron chi connectivity index (χ0n) is 11.7. The van der Waals surface area contributed by atoms with Crippen LogP contribution in [0.15, 0.2) is 0 Å². The Labute approximate surface area is 100 Å². The Morgan fingerprint density at radius 2 is 1.12 bits per heavy atom. The monoisotopic (exact) mass is 228 g/mol. The van der Waals surface area contributed by atoms with E-state index in [4.69, 9.17) is 0 Å². The van der Waals surface area contributed by atoms with Crippen LogP contribution in [-0.4, -0.2) is 19.1 Å². The van der Waals surface area contributed by atoms with Gasteiger partial charge in [-0.3, -0.25) is 0 Å². The molecule has 2 amide bonds. The molecule has 96 valence electrons. The number of hydrogen-bond acceptors (Lipinski definition) is 1. The molecule has 2 N–H and O–H groups in total. The molecular formula is C13H28N2O. The normalized spacial score (nSPS) is 12.4. The summed E-state index contributed by atoms with van der Waals surface area (Å²) in [5.41, 5.74) is 0.553. The molecule has 0 rings (SSSR count). The van der Waals surface area contributed by atoms with Crippen molar-refractivity contribution >= 4 is 6.03 Å². The van der Waals surface area contributed by atoms with Crippen molar-refractivity contribution in [3.05, 3.63) is 0 Å². The van der Waals surface area contributed by atoms with E-state index in [1.807, 2.05) is 0 Å². The van der Waals surface area contributed by atoms with Crippen LogP contribution >= 0.6 is 0 Å². The molecule has 0 unspecified atom stereocenters. The second kappa shape index (κ2) is 6.12. The third-order valence-corrected chi connectivity index (χ3v) is 2.32. The Morgan fingerprint density at radius 1 is 0.812 bits per heavy atom. The standard InChI is InChI=1S/C13H28N2O/c1-12(2,3)7-9-14-11(16)15-10-8-13(4,5)6/h7-10H2,1-6H3,(H2,14,15,16). The highest BCUT2D eigenvalue weighted by atomic mass is 16.2. The van der Waals surface area contributed by atoms with Crippen LogP contribution in [0, 0.1) is 10.8 Å². The first-order chi connectivity index (χ1) is 7.10. The van der Waals surface area contributed by atoms with Gasteiger partial charge in [0.25, 0.3) is 0 Å². The van der Waals surface area contributed by atoms with Gasteiger partial charge >= 0.3 is 6.03 Å². The van der Waals surface area contributed by atoms with E-state index < -0.39 is 0 Å². The molecule has 0 bridgehead atoms. The van der Waals surface area contributed by atoms with E-state index in [2.05, 4.69) is 52.2 Å². The van der Waals surface area contributed by atoms with Gasteiger partial charge in [-0.15, -0.1) is 0 Å². The van der Waals surface area contributed by atoms with E-state index in [0.29, 0.717) is 0 Å². The van der Waals surface area contributed by atoms with Gasteiger partial charge in [0, 0.05) is 13.1 Å². The molecule has 0 aliphatic carbocycles. The lowest BCUT2D eigenvalue weighted by atomic mass is 9.92. The Hall–Kier alpha value is -0.730. The molecule has 0 aliphatic rings. The second-order valence-corrected chi connectivity index (χ2v) is 6.80. The van der Waals surface area contributed by atoms with Crippen molar-refractivity contribution in [2.24, 2.45) is 10.8 Å². The molecule has 0 aliphatic heterocycles. The number of carbonyl (C=O) groups is 1. The summed E-state index contributed by atoms with van der Waals surface area (Å²) in [7, 11) is 0. The highest BCUT2D eigenvalue weighted by Gasteiger charge is 2.12. The molecule has 0 saturated carbocycles. The van der Waals surface area contributed by atoms with Gasteiger partial charge in [-0.25, -0.2) is 4.79 Å². The highest BCUT2D eigenvalue weighted by molar-refractivity contribution is 5.73. The van der Waals surface area contributed by atoms with Crippen molar-refractivity contribution in [3.8, 4) is 0 Å². The molecular weight excluding hydrogens is 200 g/mol. The van der Waals surface area contributed by atoms with E-state index in [9.17, 15) is 4.79 Å². The van der Waals surface area contributed by atoms with Crippen LogP contribution in [-0.2, 0) is 0 Å². The van der Waals surface area contributed by atoms with Gasteiger partial charge in [0.05, 0.1) is 0 Å². The van der Waals surface area contributed by atoms with Crippen LogP contribution in [0.2, 0.25) is 0 Å². The third-order valence-electron chi connectivity index (χ3n) is 2.32. The predicted octanol–water partition coefficient (Wildman–Crippen LogP) is 3.16.